The zero-order valence-electron chi connectivity index (χ0n) is 14.0. The molecule has 24 heavy (non-hydrogen) atoms. The second-order valence-electron chi connectivity index (χ2n) is 5.40. The first-order valence-electron chi connectivity index (χ1n) is 7.66. The van der Waals surface area contributed by atoms with Crippen molar-refractivity contribution >= 4 is 21.7 Å². The highest BCUT2D eigenvalue weighted by molar-refractivity contribution is 7.92. The number of anilines is 1. The summed E-state index contributed by atoms with van der Waals surface area (Å²) >= 11 is 0. The first kappa shape index (κ1) is 18.0. The molecule has 0 aromatic heterocycles. The Morgan fingerprint density at radius 1 is 1.04 bits per heavy atom. The molecule has 0 bridgehead atoms. The number of nitrogens with zero attached hydrogens (tertiary/aromatic N) is 1. The topological polar surface area (TPSA) is 63.7 Å². The lowest BCUT2D eigenvalue weighted by Gasteiger charge is -2.20. The Kier molecular flexibility index (Phi) is 5.62. The van der Waals surface area contributed by atoms with Crippen LogP contribution in [0.5, 0.6) is 0 Å². The molecule has 2 aromatic rings. The Bertz CT molecular complexity index is 796. The molecule has 0 unspecified atom stereocenters. The molecule has 0 aliphatic heterocycles. The number of methoxy groups -OCH3 is 1. The van der Waals surface area contributed by atoms with Crippen molar-refractivity contribution in [3.8, 4) is 0 Å². The van der Waals surface area contributed by atoms with Gasteiger partial charge >= 0.3 is 5.97 Å². The van der Waals surface area contributed by atoms with Crippen molar-refractivity contribution in [2.45, 2.75) is 24.7 Å². The molecule has 0 saturated heterocycles. The molecule has 2 rings (SSSR count). The monoisotopic (exact) mass is 347 g/mol. The van der Waals surface area contributed by atoms with Crippen LogP contribution < -0.4 is 4.31 Å². The van der Waals surface area contributed by atoms with Crippen LogP contribution in [0.1, 0.15) is 29.3 Å². The summed E-state index contributed by atoms with van der Waals surface area (Å²) in [6, 6.07) is 13.2. The minimum Gasteiger partial charge on any atom is -0.465 e. The standard InChI is InChI=1S/C18H21NO4S/c1-4-5-14-6-12-17(13-7-14)24(21,22)19(2)16-10-8-15(9-11-16)18(20)23-3/h6-13H,4-5H2,1-3H3. The number of benzene rings is 2. The lowest BCUT2D eigenvalue weighted by molar-refractivity contribution is 0.0601. The number of carbonyl (C=O) groups is 1. The average Bonchev–Trinajstić information content (AvgIpc) is 2.61. The molecular weight excluding hydrogens is 326 g/mol. The second kappa shape index (κ2) is 7.49. The summed E-state index contributed by atoms with van der Waals surface area (Å²) in [6.45, 7) is 2.08. The summed E-state index contributed by atoms with van der Waals surface area (Å²) in [7, 11) is -0.856. The number of rotatable bonds is 6. The summed E-state index contributed by atoms with van der Waals surface area (Å²) in [5.74, 6) is -0.460. The summed E-state index contributed by atoms with van der Waals surface area (Å²) in [5, 5.41) is 0. The predicted octanol–water partition coefficient (Wildman–Crippen LogP) is 3.25. The average molecular weight is 347 g/mol. The van der Waals surface area contributed by atoms with Crippen molar-refractivity contribution in [3.05, 3.63) is 59.7 Å². The van der Waals surface area contributed by atoms with Crippen LogP contribution in [-0.4, -0.2) is 28.5 Å². The lowest BCUT2D eigenvalue weighted by Crippen LogP contribution is -2.26. The molecule has 0 fully saturated rings. The third kappa shape index (κ3) is 3.76. The molecule has 0 aliphatic rings. The quantitative estimate of drug-likeness (QED) is 0.753. The van der Waals surface area contributed by atoms with Crippen molar-refractivity contribution in [3.63, 3.8) is 0 Å². The van der Waals surface area contributed by atoms with Crippen LogP contribution in [0, 0.1) is 0 Å². The Morgan fingerprint density at radius 3 is 2.12 bits per heavy atom. The molecule has 0 heterocycles. The van der Waals surface area contributed by atoms with E-state index in [0.717, 1.165) is 18.4 Å². The van der Waals surface area contributed by atoms with Crippen LogP contribution >= 0.6 is 0 Å². The predicted molar refractivity (Wildman–Crippen MR) is 93.8 cm³/mol. The molecule has 0 aliphatic carbocycles. The largest absolute Gasteiger partial charge is 0.465 e. The van der Waals surface area contributed by atoms with Crippen molar-refractivity contribution in [1.29, 1.82) is 0 Å². The van der Waals surface area contributed by atoms with Gasteiger partial charge in [-0.1, -0.05) is 25.5 Å². The van der Waals surface area contributed by atoms with Crippen LogP contribution in [0.15, 0.2) is 53.4 Å². The van der Waals surface area contributed by atoms with Gasteiger partial charge in [-0.2, -0.15) is 0 Å². The van der Waals surface area contributed by atoms with Gasteiger partial charge in [-0.05, 0) is 48.4 Å². The van der Waals surface area contributed by atoms with Crippen LogP contribution in [0.2, 0.25) is 0 Å². The van der Waals surface area contributed by atoms with Gasteiger partial charge in [-0.15, -0.1) is 0 Å². The van der Waals surface area contributed by atoms with Gasteiger partial charge in [0.2, 0.25) is 0 Å². The second-order valence-corrected chi connectivity index (χ2v) is 7.37. The van der Waals surface area contributed by atoms with Crippen molar-refractivity contribution < 1.29 is 17.9 Å². The van der Waals surface area contributed by atoms with E-state index in [0.29, 0.717) is 11.3 Å². The smallest absolute Gasteiger partial charge is 0.337 e. The van der Waals surface area contributed by atoms with Crippen LogP contribution in [0.3, 0.4) is 0 Å². The van der Waals surface area contributed by atoms with Gasteiger partial charge in [0.05, 0.1) is 23.3 Å². The molecule has 0 spiro atoms. The van der Waals surface area contributed by atoms with Crippen molar-refractivity contribution in [2.75, 3.05) is 18.5 Å². The van der Waals surface area contributed by atoms with E-state index in [1.807, 2.05) is 12.1 Å². The summed E-state index contributed by atoms with van der Waals surface area (Å²) in [4.78, 5) is 11.7. The van der Waals surface area contributed by atoms with E-state index < -0.39 is 16.0 Å². The normalized spacial score (nSPS) is 11.1. The van der Waals surface area contributed by atoms with E-state index in [-0.39, 0.29) is 4.90 Å². The van der Waals surface area contributed by atoms with Gasteiger partial charge in [0.15, 0.2) is 0 Å². The fourth-order valence-electron chi connectivity index (χ4n) is 2.34. The summed E-state index contributed by atoms with van der Waals surface area (Å²) < 4.78 is 31.3. The molecule has 0 N–H and O–H groups in total. The van der Waals surface area contributed by atoms with E-state index >= 15 is 0 Å². The zero-order valence-corrected chi connectivity index (χ0v) is 14.8. The van der Waals surface area contributed by atoms with Gasteiger partial charge in [0.25, 0.3) is 10.0 Å². The molecular formula is C18H21NO4S. The van der Waals surface area contributed by atoms with Crippen molar-refractivity contribution in [2.24, 2.45) is 0 Å². The van der Waals surface area contributed by atoms with E-state index in [4.69, 9.17) is 0 Å². The highest BCUT2D eigenvalue weighted by atomic mass is 32.2. The molecule has 0 atom stereocenters. The lowest BCUT2D eigenvalue weighted by atomic mass is 10.1. The first-order valence-corrected chi connectivity index (χ1v) is 9.10. The fourth-order valence-corrected chi connectivity index (χ4v) is 3.53. The highest BCUT2D eigenvalue weighted by Crippen LogP contribution is 2.23. The van der Waals surface area contributed by atoms with E-state index in [9.17, 15) is 13.2 Å². The Hall–Kier alpha value is -2.34. The van der Waals surface area contributed by atoms with Crippen LogP contribution in [0.4, 0.5) is 5.69 Å². The number of hydrogen-bond donors (Lipinski definition) is 0. The number of hydrogen-bond acceptors (Lipinski definition) is 4. The molecule has 0 amide bonds. The maximum Gasteiger partial charge on any atom is 0.337 e. The Balaban J connectivity index is 2.26. The maximum absolute atomic E-state index is 12.7. The Morgan fingerprint density at radius 2 is 1.62 bits per heavy atom. The molecule has 6 heteroatoms. The van der Waals surface area contributed by atoms with Gasteiger partial charge < -0.3 is 4.74 Å². The molecule has 0 saturated carbocycles. The third-order valence-corrected chi connectivity index (χ3v) is 5.57. The van der Waals surface area contributed by atoms with Crippen LogP contribution in [0.25, 0.3) is 0 Å². The molecule has 5 nitrogen and oxygen atoms in total. The highest BCUT2D eigenvalue weighted by Gasteiger charge is 2.21. The van der Waals surface area contributed by atoms with Gasteiger partial charge in [-0.25, -0.2) is 13.2 Å². The molecule has 0 radical (unpaired) electrons. The summed E-state index contributed by atoms with van der Waals surface area (Å²) in [5.41, 5.74) is 1.96. The van der Waals surface area contributed by atoms with Crippen molar-refractivity contribution in [1.82, 2.24) is 0 Å². The number of ether oxygens (including phenoxy) is 1. The van der Waals surface area contributed by atoms with Gasteiger partial charge in [0.1, 0.15) is 0 Å². The molecule has 2 aromatic carbocycles. The Labute approximate surface area is 142 Å². The minimum atomic E-state index is -3.65. The summed E-state index contributed by atoms with van der Waals surface area (Å²) in [6.07, 6.45) is 1.93. The van der Waals surface area contributed by atoms with E-state index in [1.165, 1.54) is 30.6 Å². The van der Waals surface area contributed by atoms with E-state index in [2.05, 4.69) is 11.7 Å². The zero-order chi connectivity index (χ0) is 17.7. The third-order valence-electron chi connectivity index (χ3n) is 3.77. The first-order chi connectivity index (χ1) is 11.4. The minimum absolute atomic E-state index is 0.238. The molecule has 128 valence electrons. The SMILES string of the molecule is CCCc1ccc(S(=O)(=O)N(C)c2ccc(C(=O)OC)cc2)cc1. The number of aryl methyl sites for hydroxylation is 1. The fraction of sp³-hybridized carbons (Fsp3) is 0.278. The van der Waals surface area contributed by atoms with E-state index in [1.54, 1.807) is 24.3 Å². The number of carbonyl (C=O) groups excluding carboxylic acids is 1. The van der Waals surface area contributed by atoms with Crippen LogP contribution in [-0.2, 0) is 21.2 Å². The number of esters is 1. The maximum atomic E-state index is 12.7. The van der Waals surface area contributed by atoms with Gasteiger partial charge in [-0.3, -0.25) is 4.31 Å². The number of sulfonamides is 1. The van der Waals surface area contributed by atoms with Gasteiger partial charge in [0, 0.05) is 7.05 Å².